The van der Waals surface area contributed by atoms with Crippen LogP contribution in [0, 0.1) is 0 Å². The minimum absolute atomic E-state index is 0.500. The second-order valence-corrected chi connectivity index (χ2v) is 4.00. The van der Waals surface area contributed by atoms with Gasteiger partial charge in [0.1, 0.15) is 0 Å². The van der Waals surface area contributed by atoms with Gasteiger partial charge in [-0.1, -0.05) is 31.5 Å². The van der Waals surface area contributed by atoms with Crippen molar-refractivity contribution < 1.29 is 0 Å². The van der Waals surface area contributed by atoms with Gasteiger partial charge in [0.25, 0.3) is 5.54 Å². The number of hydrogen-bond donors (Lipinski definition) is 0. The Morgan fingerprint density at radius 3 is 2.67 bits per heavy atom. The molecule has 0 aliphatic carbocycles. The summed E-state index contributed by atoms with van der Waals surface area (Å²) in [5, 5.41) is 0. The molecular weight excluding hydrogens is 213 g/mol. The molecule has 12 heavy (non-hydrogen) atoms. The fraction of sp³-hybridized carbons (Fsp3) is 0.444. The second-order valence-electron chi connectivity index (χ2n) is 2.89. The van der Waals surface area contributed by atoms with Crippen LogP contribution in [-0.4, -0.2) is 10.5 Å². The van der Waals surface area contributed by atoms with Crippen LogP contribution < -0.4 is 5.46 Å². The molecule has 1 rings (SSSR count). The van der Waals surface area contributed by atoms with E-state index in [1.54, 1.807) is 0 Å². The molecule has 64 valence electrons. The molecule has 0 bridgehead atoms. The lowest BCUT2D eigenvalue weighted by Crippen LogP contribution is -2.22. The Kier molecular flexibility index (Phi) is 4.37. The van der Waals surface area contributed by atoms with Crippen molar-refractivity contribution in [2.75, 3.05) is 0 Å². The lowest BCUT2D eigenvalue weighted by atomic mass is 9.66. The Bertz CT molecular complexity index is 215. The van der Waals surface area contributed by atoms with Gasteiger partial charge in [0.2, 0.25) is 0 Å². The quantitative estimate of drug-likeness (QED) is 0.718. The first-order chi connectivity index (χ1) is 5.84. The monoisotopic (exact) mass is 225 g/mol. The van der Waals surface area contributed by atoms with E-state index in [1.807, 2.05) is 12.4 Å². The third-order valence-electron chi connectivity index (χ3n) is 1.88. The highest BCUT2D eigenvalue weighted by molar-refractivity contribution is 9.25. The van der Waals surface area contributed by atoms with Crippen molar-refractivity contribution in [2.24, 2.45) is 0 Å². The van der Waals surface area contributed by atoms with Gasteiger partial charge >= 0.3 is 0 Å². The van der Waals surface area contributed by atoms with Gasteiger partial charge in [-0.05, 0) is 12.1 Å². The third kappa shape index (κ3) is 2.98. The van der Waals surface area contributed by atoms with Crippen molar-refractivity contribution in [3.8, 4) is 0 Å². The van der Waals surface area contributed by atoms with Gasteiger partial charge in [-0.15, -0.1) is 15.8 Å². The summed E-state index contributed by atoms with van der Waals surface area (Å²) in [6, 6.07) is 4.13. The van der Waals surface area contributed by atoms with Crippen LogP contribution in [0.5, 0.6) is 0 Å². The van der Waals surface area contributed by atoms with Crippen molar-refractivity contribution in [1.29, 1.82) is 0 Å². The minimum atomic E-state index is 0.500. The van der Waals surface area contributed by atoms with Crippen LogP contribution >= 0.6 is 15.8 Å². The van der Waals surface area contributed by atoms with E-state index in [4.69, 9.17) is 0 Å². The highest BCUT2D eigenvalue weighted by atomic mass is 79.9. The van der Waals surface area contributed by atoms with Crippen LogP contribution in [-0.2, 0) is 0 Å². The summed E-state index contributed by atoms with van der Waals surface area (Å²) in [6.45, 7) is 2.21. The van der Waals surface area contributed by atoms with Crippen molar-refractivity contribution in [3.63, 3.8) is 0 Å². The zero-order valence-corrected chi connectivity index (χ0v) is 8.92. The maximum Gasteiger partial charge on any atom is 0.255 e. The number of pyridine rings is 1. The normalized spacial score (nSPS) is 9.83. The second kappa shape index (κ2) is 5.36. The molecule has 1 nitrogen and oxygen atoms in total. The Morgan fingerprint density at radius 2 is 2.08 bits per heavy atom. The molecule has 0 N–H and O–H groups in total. The predicted octanol–water partition coefficient (Wildman–Crippen LogP) is 2.48. The molecule has 0 aromatic carbocycles. The fourth-order valence-electron chi connectivity index (χ4n) is 1.12. The van der Waals surface area contributed by atoms with Crippen LogP contribution in [0.25, 0.3) is 0 Å². The van der Waals surface area contributed by atoms with E-state index in [0.29, 0.717) is 5.54 Å². The number of aromatic nitrogens is 1. The Balaban J connectivity index is 2.48. The third-order valence-corrected chi connectivity index (χ3v) is 2.87. The van der Waals surface area contributed by atoms with Gasteiger partial charge < -0.3 is 0 Å². The molecule has 3 heteroatoms. The zero-order valence-electron chi connectivity index (χ0n) is 7.33. The first kappa shape index (κ1) is 9.78. The van der Waals surface area contributed by atoms with E-state index in [2.05, 4.69) is 39.8 Å². The lowest BCUT2D eigenvalue weighted by molar-refractivity contribution is 0.880. The van der Waals surface area contributed by atoms with E-state index in [1.165, 1.54) is 24.6 Å². The number of rotatable bonds is 4. The van der Waals surface area contributed by atoms with Gasteiger partial charge in [0.05, 0.1) is 0 Å². The van der Waals surface area contributed by atoms with Gasteiger partial charge in [-0.2, -0.15) is 0 Å². The van der Waals surface area contributed by atoms with Crippen molar-refractivity contribution in [2.45, 2.75) is 26.1 Å². The maximum atomic E-state index is 3.99. The van der Waals surface area contributed by atoms with Crippen LogP contribution in [0.3, 0.4) is 0 Å². The Morgan fingerprint density at radius 1 is 1.42 bits per heavy atom. The summed E-state index contributed by atoms with van der Waals surface area (Å²) in [5.41, 5.74) is 1.83. The zero-order chi connectivity index (χ0) is 8.81. The molecule has 1 heterocycles. The smallest absolute Gasteiger partial charge is 0.255 e. The molecule has 0 aliphatic rings. The molecule has 1 aromatic heterocycles. The maximum absolute atomic E-state index is 3.99. The Labute approximate surface area is 82.6 Å². The van der Waals surface area contributed by atoms with E-state index in [9.17, 15) is 0 Å². The number of hydrogen-bond acceptors (Lipinski definition) is 1. The molecule has 0 aliphatic heterocycles. The molecular formula is C9H13BBrN. The van der Waals surface area contributed by atoms with E-state index >= 15 is 0 Å². The predicted molar refractivity (Wildman–Crippen MR) is 58.3 cm³/mol. The van der Waals surface area contributed by atoms with Crippen LogP contribution in [0.2, 0.25) is 6.32 Å². The highest BCUT2D eigenvalue weighted by Crippen LogP contribution is 2.06. The summed E-state index contributed by atoms with van der Waals surface area (Å²) in [7, 11) is 0. The fourth-order valence-corrected chi connectivity index (χ4v) is 1.75. The van der Waals surface area contributed by atoms with Gasteiger partial charge in [-0.25, -0.2) is 0 Å². The number of nitrogens with zero attached hydrogens (tertiary/aromatic N) is 1. The minimum Gasteiger partial charge on any atom is -0.265 e. The molecule has 0 atom stereocenters. The molecule has 0 amide bonds. The van der Waals surface area contributed by atoms with Crippen molar-refractivity contribution in [1.82, 2.24) is 4.98 Å². The average Bonchev–Trinajstić information content (AvgIpc) is 2.15. The van der Waals surface area contributed by atoms with Gasteiger partial charge in [-0.3, -0.25) is 4.98 Å². The highest BCUT2D eigenvalue weighted by Gasteiger charge is 2.10. The summed E-state index contributed by atoms with van der Waals surface area (Å²) in [4.78, 5) is 3.99. The summed E-state index contributed by atoms with van der Waals surface area (Å²) in [5.74, 6) is 0. The SMILES string of the molecule is CCCCB(Br)c1ccncc1. The van der Waals surface area contributed by atoms with Gasteiger partial charge in [0.15, 0.2) is 0 Å². The average molecular weight is 226 g/mol. The van der Waals surface area contributed by atoms with Crippen LogP contribution in [0.4, 0.5) is 0 Å². The molecule has 0 saturated carbocycles. The first-order valence-corrected chi connectivity index (χ1v) is 5.30. The van der Waals surface area contributed by atoms with Crippen LogP contribution in [0.15, 0.2) is 24.5 Å². The largest absolute Gasteiger partial charge is 0.265 e. The lowest BCUT2D eigenvalue weighted by Gasteiger charge is -2.04. The first-order valence-electron chi connectivity index (χ1n) is 4.38. The number of unbranched alkanes of at least 4 members (excludes halogenated alkanes) is 1. The summed E-state index contributed by atoms with van der Waals surface area (Å²) >= 11 is 3.66. The molecule has 1 aromatic rings. The Hall–Kier alpha value is -0.305. The molecule has 0 unspecified atom stereocenters. The van der Waals surface area contributed by atoms with E-state index in [0.717, 1.165) is 0 Å². The topological polar surface area (TPSA) is 12.9 Å². The van der Waals surface area contributed by atoms with Crippen LogP contribution in [0.1, 0.15) is 19.8 Å². The number of halogens is 1. The summed E-state index contributed by atoms with van der Waals surface area (Å²) in [6.07, 6.45) is 7.43. The van der Waals surface area contributed by atoms with Crippen molar-refractivity contribution >= 4 is 26.8 Å². The standard InChI is InChI=1S/C9H13BBrN/c1-2-3-6-10(11)9-4-7-12-8-5-9/h4-5,7-8H,2-3,6H2,1H3. The molecule has 0 fully saturated rings. The molecule has 0 saturated heterocycles. The van der Waals surface area contributed by atoms with Crippen molar-refractivity contribution in [3.05, 3.63) is 24.5 Å². The molecule has 0 radical (unpaired) electrons. The molecule has 0 spiro atoms. The summed E-state index contributed by atoms with van der Waals surface area (Å²) < 4.78 is 0. The van der Waals surface area contributed by atoms with E-state index < -0.39 is 0 Å². The van der Waals surface area contributed by atoms with E-state index in [-0.39, 0.29) is 0 Å². The van der Waals surface area contributed by atoms with Gasteiger partial charge in [0, 0.05) is 12.4 Å².